The molecule has 0 N–H and O–H groups in total. The van der Waals surface area contributed by atoms with E-state index in [1.165, 1.54) is 0 Å². The number of carbonyl (C=O) groups excluding carboxylic acids is 2. The van der Waals surface area contributed by atoms with Crippen LogP contribution in [0.3, 0.4) is 0 Å². The van der Waals surface area contributed by atoms with Crippen molar-refractivity contribution in [1.29, 1.82) is 0 Å². The zero-order valence-corrected chi connectivity index (χ0v) is 18.0. The average molecular weight is 418 g/mol. The maximum Gasteiger partial charge on any atom is 0.315 e. The first kappa shape index (κ1) is 21.0. The first-order chi connectivity index (χ1) is 15.0. The van der Waals surface area contributed by atoms with Crippen LogP contribution in [-0.2, 0) is 14.3 Å². The van der Waals surface area contributed by atoms with E-state index < -0.39 is 11.8 Å². The van der Waals surface area contributed by atoms with Crippen LogP contribution in [0.1, 0.15) is 49.8 Å². The number of benzene rings is 1. The molecule has 0 spiro atoms. The number of nitrogens with zero attached hydrogens (tertiary/aromatic N) is 2. The van der Waals surface area contributed by atoms with Crippen molar-refractivity contribution in [3.8, 4) is 5.75 Å². The molecule has 1 aromatic carbocycles. The number of pyridine rings is 1. The highest BCUT2D eigenvalue weighted by atomic mass is 16.5. The van der Waals surface area contributed by atoms with Gasteiger partial charge in [-0.1, -0.05) is 18.2 Å². The molecular weight excluding hydrogens is 392 g/mol. The third-order valence-electron chi connectivity index (χ3n) is 6.00. The maximum absolute atomic E-state index is 13.4. The lowest BCUT2D eigenvalue weighted by atomic mass is 9.70. The molecule has 2 aromatic rings. The second-order valence-electron chi connectivity index (χ2n) is 7.88. The molecule has 1 aliphatic heterocycles. The smallest absolute Gasteiger partial charge is 0.315 e. The van der Waals surface area contributed by atoms with Gasteiger partial charge in [0.2, 0.25) is 0 Å². The van der Waals surface area contributed by atoms with Gasteiger partial charge < -0.3 is 9.47 Å². The van der Waals surface area contributed by atoms with Crippen LogP contribution in [0.4, 0.5) is 0 Å². The third kappa shape index (κ3) is 4.02. The summed E-state index contributed by atoms with van der Waals surface area (Å²) in [6.45, 7) is 3.88. The summed E-state index contributed by atoms with van der Waals surface area (Å²) in [5, 5.41) is 0. The van der Waals surface area contributed by atoms with Gasteiger partial charge in [-0.05, 0) is 56.0 Å². The van der Waals surface area contributed by atoms with E-state index in [-0.39, 0.29) is 24.3 Å². The zero-order chi connectivity index (χ0) is 22.0. The second-order valence-corrected chi connectivity index (χ2v) is 7.88. The number of allylic oxidation sites excluding steroid dienone is 2. The standard InChI is InChI=1S/C25H26N2O4/c1-4-31-25(29)22-15(2)27-20-13-17(16-8-7-9-18(12-16)30-3)14-21(28)23(20)24(22)19-10-5-6-11-26-19/h5-12,17,22,24H,4,13-14H2,1-3H3/t17-,22?,24-/m1/s1. The number of hydrogen-bond donors (Lipinski definition) is 0. The van der Waals surface area contributed by atoms with Crippen LogP contribution in [0, 0.1) is 5.92 Å². The molecule has 4 rings (SSSR count). The highest BCUT2D eigenvalue weighted by Crippen LogP contribution is 2.46. The fourth-order valence-corrected chi connectivity index (χ4v) is 4.61. The van der Waals surface area contributed by atoms with Crippen molar-refractivity contribution >= 4 is 17.5 Å². The quantitative estimate of drug-likeness (QED) is 0.679. The van der Waals surface area contributed by atoms with Crippen LogP contribution in [0.15, 0.2) is 64.9 Å². The summed E-state index contributed by atoms with van der Waals surface area (Å²) in [7, 11) is 1.63. The molecule has 0 fully saturated rings. The van der Waals surface area contributed by atoms with Crippen LogP contribution in [0.2, 0.25) is 0 Å². The Morgan fingerprint density at radius 1 is 1.16 bits per heavy atom. The van der Waals surface area contributed by atoms with Crippen LogP contribution in [0.5, 0.6) is 5.75 Å². The Balaban J connectivity index is 1.77. The first-order valence-electron chi connectivity index (χ1n) is 10.6. The Hall–Kier alpha value is -3.28. The van der Waals surface area contributed by atoms with Gasteiger partial charge in [-0.2, -0.15) is 0 Å². The summed E-state index contributed by atoms with van der Waals surface area (Å²) in [5.41, 5.74) is 3.75. The molecule has 2 aliphatic rings. The maximum atomic E-state index is 13.4. The highest BCUT2D eigenvalue weighted by molar-refractivity contribution is 6.09. The predicted octanol–water partition coefficient (Wildman–Crippen LogP) is 4.23. The molecule has 3 atom stereocenters. The number of esters is 1. The number of carbonyl (C=O) groups is 2. The van der Waals surface area contributed by atoms with Gasteiger partial charge in [-0.3, -0.25) is 19.6 Å². The lowest BCUT2D eigenvalue weighted by molar-refractivity contribution is -0.146. The monoisotopic (exact) mass is 418 g/mol. The number of ketones is 1. The van der Waals surface area contributed by atoms with E-state index in [2.05, 4.69) is 4.98 Å². The third-order valence-corrected chi connectivity index (χ3v) is 6.00. The van der Waals surface area contributed by atoms with Gasteiger partial charge in [-0.15, -0.1) is 0 Å². The fourth-order valence-electron chi connectivity index (χ4n) is 4.61. The van der Waals surface area contributed by atoms with Crippen molar-refractivity contribution in [1.82, 2.24) is 4.98 Å². The highest BCUT2D eigenvalue weighted by Gasteiger charge is 2.45. The Kier molecular flexibility index (Phi) is 5.98. The average Bonchev–Trinajstić information content (AvgIpc) is 2.78. The molecular formula is C25H26N2O4. The molecule has 2 heterocycles. The molecule has 1 aromatic heterocycles. The van der Waals surface area contributed by atoms with Crippen molar-refractivity contribution in [2.75, 3.05) is 13.7 Å². The van der Waals surface area contributed by atoms with Crippen LogP contribution >= 0.6 is 0 Å². The largest absolute Gasteiger partial charge is 0.497 e. The van der Waals surface area contributed by atoms with Crippen molar-refractivity contribution in [2.24, 2.45) is 10.9 Å². The number of aliphatic imine (C=N–C) groups is 1. The number of aromatic nitrogens is 1. The predicted molar refractivity (Wildman–Crippen MR) is 117 cm³/mol. The summed E-state index contributed by atoms with van der Waals surface area (Å²) >= 11 is 0. The van der Waals surface area contributed by atoms with E-state index in [4.69, 9.17) is 14.5 Å². The van der Waals surface area contributed by atoms with Gasteiger partial charge in [0.05, 0.1) is 19.6 Å². The number of methoxy groups -OCH3 is 1. The Bertz CT molecular complexity index is 1060. The zero-order valence-electron chi connectivity index (χ0n) is 18.0. The Morgan fingerprint density at radius 2 is 2.00 bits per heavy atom. The molecule has 160 valence electrons. The number of hydrogen-bond acceptors (Lipinski definition) is 6. The molecule has 6 nitrogen and oxygen atoms in total. The van der Waals surface area contributed by atoms with Crippen molar-refractivity contribution in [3.05, 3.63) is 71.2 Å². The van der Waals surface area contributed by atoms with Gasteiger partial charge in [0.1, 0.15) is 11.7 Å². The topological polar surface area (TPSA) is 77.8 Å². The SMILES string of the molecule is CCOC(=O)C1C(C)=NC2=C(C(=O)C[C@H](c3cccc(OC)c3)C2)[C@@H]1c1ccccn1. The minimum absolute atomic E-state index is 0.00951. The summed E-state index contributed by atoms with van der Waals surface area (Å²) in [4.78, 5) is 35.5. The van der Waals surface area contributed by atoms with Crippen molar-refractivity contribution in [3.63, 3.8) is 0 Å². The van der Waals surface area contributed by atoms with Crippen molar-refractivity contribution in [2.45, 2.75) is 38.5 Å². The van der Waals surface area contributed by atoms with Gasteiger partial charge in [0.15, 0.2) is 5.78 Å². The minimum Gasteiger partial charge on any atom is -0.497 e. The van der Waals surface area contributed by atoms with E-state index in [0.29, 0.717) is 29.8 Å². The van der Waals surface area contributed by atoms with Gasteiger partial charge >= 0.3 is 5.97 Å². The van der Waals surface area contributed by atoms with Gasteiger partial charge in [0.25, 0.3) is 0 Å². The number of ether oxygens (including phenoxy) is 2. The van der Waals surface area contributed by atoms with Crippen molar-refractivity contribution < 1.29 is 19.1 Å². The molecule has 0 radical (unpaired) electrons. The molecule has 0 amide bonds. The Labute approximate surface area is 182 Å². The molecule has 0 bridgehead atoms. The lowest BCUT2D eigenvalue weighted by Crippen LogP contribution is -2.38. The van der Waals surface area contributed by atoms with Gasteiger partial charge in [0, 0.05) is 35.3 Å². The number of rotatable bonds is 5. The molecule has 0 saturated heterocycles. The molecule has 1 aliphatic carbocycles. The van der Waals surface area contributed by atoms with E-state index in [1.807, 2.05) is 49.4 Å². The minimum atomic E-state index is -0.647. The molecule has 6 heteroatoms. The summed E-state index contributed by atoms with van der Waals surface area (Å²) < 4.78 is 10.7. The lowest BCUT2D eigenvalue weighted by Gasteiger charge is -2.36. The summed E-state index contributed by atoms with van der Waals surface area (Å²) in [6.07, 6.45) is 2.68. The van der Waals surface area contributed by atoms with E-state index in [1.54, 1.807) is 20.2 Å². The Morgan fingerprint density at radius 3 is 2.71 bits per heavy atom. The normalized spacial score (nSPS) is 23.1. The molecule has 0 saturated carbocycles. The second kappa shape index (κ2) is 8.84. The van der Waals surface area contributed by atoms with E-state index in [0.717, 1.165) is 17.0 Å². The van der Waals surface area contributed by atoms with E-state index >= 15 is 0 Å². The summed E-state index contributed by atoms with van der Waals surface area (Å²) in [5.74, 6) is -0.704. The molecule has 1 unspecified atom stereocenters. The fraction of sp³-hybridized carbons (Fsp3) is 0.360. The van der Waals surface area contributed by atoms with Crippen LogP contribution in [-0.4, -0.2) is 36.2 Å². The van der Waals surface area contributed by atoms with Crippen LogP contribution in [0.25, 0.3) is 0 Å². The van der Waals surface area contributed by atoms with Gasteiger partial charge in [-0.25, -0.2) is 0 Å². The van der Waals surface area contributed by atoms with E-state index in [9.17, 15) is 9.59 Å². The first-order valence-corrected chi connectivity index (χ1v) is 10.6. The van der Waals surface area contributed by atoms with Crippen LogP contribution < -0.4 is 4.74 Å². The number of Topliss-reactive ketones (excluding diaryl/α,β-unsaturated/α-hetero) is 1. The molecule has 31 heavy (non-hydrogen) atoms. The summed E-state index contributed by atoms with van der Waals surface area (Å²) in [6, 6.07) is 13.4.